The van der Waals surface area contributed by atoms with Crippen LogP contribution in [0.2, 0.25) is 0 Å². The third-order valence-electron chi connectivity index (χ3n) is 3.52. The number of furan rings is 2. The molecule has 0 spiro atoms. The van der Waals surface area contributed by atoms with Crippen LogP contribution in [0.4, 0.5) is 0 Å². The molecule has 4 N–H and O–H groups in total. The second-order valence-electron chi connectivity index (χ2n) is 6.23. The Morgan fingerprint density at radius 2 is 1.70 bits per heavy atom. The Morgan fingerprint density at radius 1 is 1.16 bits per heavy atom. The number of carbonyl (C=O) groups excluding carboxylic acids is 2. The van der Waals surface area contributed by atoms with Crippen molar-refractivity contribution in [1.29, 1.82) is 0 Å². The molecule has 1 unspecified atom stereocenters. The molecule has 17 heteroatoms. The number of aromatic nitrogens is 2. The first-order valence-corrected chi connectivity index (χ1v) is 12.5. The van der Waals surface area contributed by atoms with Crippen molar-refractivity contribution in [3.8, 4) is 0 Å². The lowest BCUT2D eigenvalue weighted by atomic mass is 10.3. The third-order valence-corrected chi connectivity index (χ3v) is 4.12. The Bertz CT molecular complexity index is 1050. The van der Waals surface area contributed by atoms with Crippen molar-refractivity contribution in [2.75, 3.05) is 0 Å². The van der Waals surface area contributed by atoms with Gasteiger partial charge in [-0.1, -0.05) is 20.8 Å². The summed E-state index contributed by atoms with van der Waals surface area (Å²) >= 11 is 0. The molecule has 0 saturated carbocycles. The van der Waals surface area contributed by atoms with Gasteiger partial charge in [0, 0.05) is 25.0 Å². The van der Waals surface area contributed by atoms with Crippen molar-refractivity contribution in [3.05, 3.63) is 66.0 Å². The van der Waals surface area contributed by atoms with E-state index >= 15 is 0 Å². The lowest BCUT2D eigenvalue weighted by Crippen LogP contribution is -1.92. The zero-order valence-corrected chi connectivity index (χ0v) is 20.8. The molecule has 0 aliphatic carbocycles. The fraction of sp³-hybridized carbons (Fsp3) is 0.350. The highest BCUT2D eigenvalue weighted by Crippen LogP contribution is 2.36. The quantitative estimate of drug-likeness (QED) is 0.118. The first-order chi connectivity index (χ1) is 17.1. The van der Waals surface area contributed by atoms with Gasteiger partial charge in [-0.05, 0) is 35.3 Å². The summed E-state index contributed by atoms with van der Waals surface area (Å²) in [6.45, 7) is 2.78. The molecule has 210 valence electrons. The highest BCUT2D eigenvalue weighted by atomic mass is 31.2. The van der Waals surface area contributed by atoms with Gasteiger partial charge in [0.25, 0.3) is 0 Å². The van der Waals surface area contributed by atoms with E-state index in [1.54, 1.807) is 6.07 Å². The Balaban J connectivity index is -0.000000442. The molecular weight excluding hydrogens is 538 g/mol. The fourth-order valence-electron chi connectivity index (χ4n) is 1.99. The number of aryl methyl sites for hydroxylation is 1. The van der Waals surface area contributed by atoms with Gasteiger partial charge in [-0.3, -0.25) is 14.1 Å². The van der Waals surface area contributed by atoms with Gasteiger partial charge in [-0.25, -0.2) is 14.8 Å². The summed E-state index contributed by atoms with van der Waals surface area (Å²) in [6.07, 6.45) is 9.25. The van der Waals surface area contributed by atoms with E-state index in [1.807, 2.05) is 18.7 Å². The van der Waals surface area contributed by atoms with Gasteiger partial charge in [0.1, 0.15) is 24.7 Å². The van der Waals surface area contributed by atoms with E-state index in [1.165, 1.54) is 31.0 Å². The first-order valence-electron chi connectivity index (χ1n) is 9.88. The van der Waals surface area contributed by atoms with Crippen molar-refractivity contribution in [3.63, 3.8) is 0 Å². The fourth-order valence-corrected chi connectivity index (χ4v) is 2.28. The van der Waals surface area contributed by atoms with E-state index < -0.39 is 16.1 Å². The van der Waals surface area contributed by atoms with Gasteiger partial charge in [0.05, 0.1) is 6.33 Å². The summed E-state index contributed by atoms with van der Waals surface area (Å²) in [4.78, 5) is 49.6. The van der Waals surface area contributed by atoms with E-state index in [-0.39, 0.29) is 39.3 Å². The normalized spacial score (nSPS) is 10.3. The van der Waals surface area contributed by atoms with Crippen LogP contribution in [0.3, 0.4) is 0 Å². The maximum Gasteiger partial charge on any atom is 0.521 e. The van der Waals surface area contributed by atoms with Crippen molar-refractivity contribution < 1.29 is 63.2 Å². The molecule has 0 aromatic carbocycles. The summed E-state index contributed by atoms with van der Waals surface area (Å²) in [6, 6.07) is 5.85. The highest BCUT2D eigenvalue weighted by molar-refractivity contribution is 7.46. The van der Waals surface area contributed by atoms with Gasteiger partial charge >= 0.3 is 16.1 Å². The number of unbranched alkanes of at least 4 members (excludes halogenated alkanes) is 1. The Hall–Kier alpha value is -2.84. The van der Waals surface area contributed by atoms with Gasteiger partial charge in [0.2, 0.25) is 0 Å². The molecular formula is C20H32N2O13P2. The summed E-state index contributed by atoms with van der Waals surface area (Å²) in [5.74, 6) is 0.936. The second kappa shape index (κ2) is 21.3. The van der Waals surface area contributed by atoms with E-state index in [4.69, 9.17) is 38.4 Å². The molecule has 1 atom stereocenters. The number of hydrogen-bond donors (Lipinski definition) is 4. The van der Waals surface area contributed by atoms with Crippen LogP contribution in [0, 0.1) is 0 Å². The summed E-state index contributed by atoms with van der Waals surface area (Å²) in [5, 5.41) is 15.5. The maximum absolute atomic E-state index is 10.2. The molecule has 3 rings (SSSR count). The molecule has 3 heterocycles. The SMILES string of the molecule is C.CCCCn1ccnc1.O=Cc1ccc(CO)o1.O=Cc1ccc(COP(=O)(O)O)o1.O=[P+]([O-])OO.[HH]. The minimum Gasteiger partial charge on any atom is -0.565 e. The standard InChI is InChI=1S/C7H12N2.C6H7O6P.C6H6O3.CH4.HO4P.H2/c1-2-3-5-9-6-4-8-7-9;7-3-5-1-2-6(12-5)4-11-13(8,9)10;7-3-5-1-2-6(4-8)9-5;;1-4-5(2)3;/h4,6-7H,2-3,5H2,1H3;1-3H,4H2,(H2,8,9,10);1-3,8H,4H2;1H4;1H;1H. The lowest BCUT2D eigenvalue weighted by Gasteiger charge is -2.01. The molecule has 37 heavy (non-hydrogen) atoms. The molecule has 0 radical (unpaired) electrons. The number of rotatable bonds is 10. The van der Waals surface area contributed by atoms with Crippen LogP contribution in [0.5, 0.6) is 0 Å². The van der Waals surface area contributed by atoms with Crippen LogP contribution in [0.15, 0.2) is 51.8 Å². The molecule has 15 nitrogen and oxygen atoms in total. The van der Waals surface area contributed by atoms with E-state index in [9.17, 15) is 14.2 Å². The van der Waals surface area contributed by atoms with E-state index in [0.717, 1.165) is 6.54 Å². The van der Waals surface area contributed by atoms with Gasteiger partial charge in [-0.2, -0.15) is 0 Å². The molecule has 3 aromatic heterocycles. The van der Waals surface area contributed by atoms with E-state index in [0.29, 0.717) is 18.3 Å². The van der Waals surface area contributed by atoms with Crippen molar-refractivity contribution in [2.45, 2.75) is 47.0 Å². The number of aliphatic hydroxyl groups is 1. The average Bonchev–Trinajstić information content (AvgIpc) is 3.63. The lowest BCUT2D eigenvalue weighted by molar-refractivity contribution is -0.244. The maximum atomic E-state index is 10.2. The number of imidazole rings is 1. The molecule has 3 aromatic rings. The van der Waals surface area contributed by atoms with Crippen LogP contribution in [0.25, 0.3) is 0 Å². The third kappa shape index (κ3) is 20.0. The predicted molar refractivity (Wildman–Crippen MR) is 128 cm³/mol. The van der Waals surface area contributed by atoms with Gasteiger partial charge in [0.15, 0.2) is 24.1 Å². The first kappa shape index (κ1) is 36.3. The minimum atomic E-state index is -4.48. The second-order valence-corrected chi connectivity index (χ2v) is 8.08. The number of carbonyl (C=O) groups is 2. The predicted octanol–water partition coefficient (Wildman–Crippen LogP) is 3.34. The zero-order chi connectivity index (χ0) is 27.4. The molecule has 0 fully saturated rings. The smallest absolute Gasteiger partial charge is 0.521 e. The van der Waals surface area contributed by atoms with Crippen LogP contribution in [-0.4, -0.2) is 42.3 Å². The number of phosphoric acid groups is 1. The van der Waals surface area contributed by atoms with Crippen LogP contribution in [-0.2, 0) is 38.1 Å². The summed E-state index contributed by atoms with van der Waals surface area (Å²) in [5.41, 5.74) is 0. The van der Waals surface area contributed by atoms with Crippen LogP contribution >= 0.6 is 16.1 Å². The minimum absolute atomic E-state index is 0. The monoisotopic (exact) mass is 570 g/mol. The molecule has 0 aliphatic rings. The van der Waals surface area contributed by atoms with Crippen molar-refractivity contribution in [1.82, 2.24) is 9.55 Å². The van der Waals surface area contributed by atoms with Crippen molar-refractivity contribution >= 4 is 28.6 Å². The highest BCUT2D eigenvalue weighted by Gasteiger charge is 2.14. The average molecular weight is 570 g/mol. The zero-order valence-electron chi connectivity index (χ0n) is 19.0. The number of phosphoric ester groups is 1. The molecule has 0 saturated heterocycles. The summed E-state index contributed by atoms with van der Waals surface area (Å²) < 4.78 is 37.7. The Morgan fingerprint density at radius 3 is 2.05 bits per heavy atom. The topological polar surface area (TPSA) is 235 Å². The van der Waals surface area contributed by atoms with E-state index in [2.05, 4.69) is 25.7 Å². The van der Waals surface area contributed by atoms with Crippen molar-refractivity contribution in [2.24, 2.45) is 0 Å². The number of nitrogens with zero attached hydrogens (tertiary/aromatic N) is 2. The van der Waals surface area contributed by atoms with Gasteiger partial charge in [-0.15, -0.1) is 0 Å². The van der Waals surface area contributed by atoms with Crippen LogP contribution in [0.1, 0.15) is 61.2 Å². The Labute approximate surface area is 214 Å². The molecule has 0 bridgehead atoms. The number of aliphatic hydroxyl groups excluding tert-OH is 1. The Kier molecular flexibility index (Phi) is 20.9. The number of hydrogen-bond acceptors (Lipinski definition) is 12. The van der Waals surface area contributed by atoms with Crippen LogP contribution < -0.4 is 4.89 Å². The molecule has 0 aliphatic heterocycles. The summed E-state index contributed by atoms with van der Waals surface area (Å²) in [7, 11) is -7.52. The largest absolute Gasteiger partial charge is 0.565 e. The number of aldehydes is 2. The van der Waals surface area contributed by atoms with Gasteiger partial charge < -0.3 is 33.2 Å². The molecule has 0 amide bonds.